The SMILES string of the molecule is O=c1[nH]c2cccccc-2c1-c1nc2ccc(F)cc2[nH]1. The minimum atomic E-state index is -0.342. The maximum absolute atomic E-state index is 13.3. The Morgan fingerprint density at radius 3 is 2.76 bits per heavy atom. The molecule has 1 aromatic carbocycles. The van der Waals surface area contributed by atoms with Crippen molar-refractivity contribution in [1.82, 2.24) is 15.0 Å². The molecule has 1 aliphatic carbocycles. The van der Waals surface area contributed by atoms with E-state index in [2.05, 4.69) is 15.0 Å². The fourth-order valence-corrected chi connectivity index (χ4v) is 2.52. The van der Waals surface area contributed by atoms with E-state index >= 15 is 0 Å². The lowest BCUT2D eigenvalue weighted by Crippen LogP contribution is -2.01. The first-order chi connectivity index (χ1) is 10.2. The molecule has 0 saturated carbocycles. The van der Waals surface area contributed by atoms with E-state index in [1.807, 2.05) is 30.3 Å². The first-order valence-corrected chi connectivity index (χ1v) is 6.49. The van der Waals surface area contributed by atoms with Gasteiger partial charge < -0.3 is 9.97 Å². The summed E-state index contributed by atoms with van der Waals surface area (Å²) in [5, 5.41) is 0. The Kier molecular flexibility index (Phi) is 2.41. The number of rotatable bonds is 1. The molecule has 2 aromatic rings. The van der Waals surface area contributed by atoms with Crippen LogP contribution in [0.5, 0.6) is 0 Å². The van der Waals surface area contributed by atoms with Crippen LogP contribution in [-0.2, 0) is 0 Å². The van der Waals surface area contributed by atoms with Crippen LogP contribution in [0.4, 0.5) is 4.39 Å². The molecule has 21 heavy (non-hydrogen) atoms. The molecule has 0 saturated heterocycles. The molecule has 2 heterocycles. The van der Waals surface area contributed by atoms with Crippen LogP contribution >= 0.6 is 0 Å². The molecule has 2 N–H and O–H groups in total. The highest BCUT2D eigenvalue weighted by Crippen LogP contribution is 2.29. The zero-order valence-corrected chi connectivity index (χ0v) is 10.9. The molecule has 0 radical (unpaired) electrons. The van der Waals surface area contributed by atoms with E-state index < -0.39 is 0 Å². The second-order valence-corrected chi connectivity index (χ2v) is 4.81. The predicted octanol–water partition coefficient (Wildman–Crippen LogP) is 3.16. The molecule has 0 fully saturated rings. The normalized spacial score (nSPS) is 11.3. The Bertz CT molecular complexity index is 986. The third-order valence-electron chi connectivity index (χ3n) is 3.46. The Labute approximate surface area is 118 Å². The molecule has 0 unspecified atom stereocenters. The average Bonchev–Trinajstić information content (AvgIpc) is 2.91. The monoisotopic (exact) mass is 279 g/mol. The fraction of sp³-hybridized carbons (Fsp3) is 0. The molecule has 0 atom stereocenters. The van der Waals surface area contributed by atoms with Gasteiger partial charge in [-0.2, -0.15) is 0 Å². The molecule has 0 spiro atoms. The summed E-state index contributed by atoms with van der Waals surface area (Å²) in [6.45, 7) is 0. The van der Waals surface area contributed by atoms with Crippen LogP contribution in [0.15, 0.2) is 53.3 Å². The number of hydrogen-bond donors (Lipinski definition) is 2. The quantitative estimate of drug-likeness (QED) is 0.562. The number of nitrogens with one attached hydrogen (secondary N) is 2. The highest BCUT2D eigenvalue weighted by Gasteiger charge is 2.18. The maximum atomic E-state index is 13.3. The number of H-pyrrole nitrogens is 2. The molecule has 0 bridgehead atoms. The number of hydrogen-bond acceptors (Lipinski definition) is 2. The Hall–Kier alpha value is -2.95. The van der Waals surface area contributed by atoms with Gasteiger partial charge in [0.1, 0.15) is 11.6 Å². The van der Waals surface area contributed by atoms with E-state index in [-0.39, 0.29) is 11.4 Å². The summed E-state index contributed by atoms with van der Waals surface area (Å²) < 4.78 is 13.3. The van der Waals surface area contributed by atoms with Crippen LogP contribution in [0.2, 0.25) is 0 Å². The molecular weight excluding hydrogens is 269 g/mol. The lowest BCUT2D eigenvalue weighted by atomic mass is 10.1. The number of aromatic nitrogens is 3. The topological polar surface area (TPSA) is 61.5 Å². The molecule has 4 nitrogen and oxygen atoms in total. The van der Waals surface area contributed by atoms with Crippen molar-refractivity contribution in [2.24, 2.45) is 0 Å². The van der Waals surface area contributed by atoms with E-state index in [1.165, 1.54) is 12.1 Å². The van der Waals surface area contributed by atoms with Crippen LogP contribution in [0.3, 0.4) is 0 Å². The first kappa shape index (κ1) is 11.8. The van der Waals surface area contributed by atoms with Crippen molar-refractivity contribution in [1.29, 1.82) is 0 Å². The van der Waals surface area contributed by atoms with Gasteiger partial charge in [-0.1, -0.05) is 24.3 Å². The highest BCUT2D eigenvalue weighted by atomic mass is 19.1. The average molecular weight is 279 g/mol. The second kappa shape index (κ2) is 4.28. The lowest BCUT2D eigenvalue weighted by Gasteiger charge is -1.94. The molecular formula is C16H10FN3O. The van der Waals surface area contributed by atoms with Crippen molar-refractivity contribution >= 4 is 11.0 Å². The second-order valence-electron chi connectivity index (χ2n) is 4.81. The van der Waals surface area contributed by atoms with Gasteiger partial charge in [-0.3, -0.25) is 4.79 Å². The molecule has 102 valence electrons. The number of benzene rings is 1. The van der Waals surface area contributed by atoms with E-state index in [1.54, 1.807) is 6.07 Å². The third kappa shape index (κ3) is 1.82. The number of imidazole rings is 1. The third-order valence-corrected chi connectivity index (χ3v) is 3.46. The fourth-order valence-electron chi connectivity index (χ4n) is 2.52. The summed E-state index contributed by atoms with van der Waals surface area (Å²) >= 11 is 0. The summed E-state index contributed by atoms with van der Waals surface area (Å²) in [5.41, 5.74) is 2.98. The lowest BCUT2D eigenvalue weighted by molar-refractivity contribution is 0.629. The van der Waals surface area contributed by atoms with Gasteiger partial charge in [0.2, 0.25) is 0 Å². The van der Waals surface area contributed by atoms with Crippen LogP contribution in [0, 0.1) is 5.82 Å². The van der Waals surface area contributed by atoms with Crippen molar-refractivity contribution in [3.05, 3.63) is 64.7 Å². The van der Waals surface area contributed by atoms with Crippen LogP contribution in [0.25, 0.3) is 33.7 Å². The van der Waals surface area contributed by atoms with Crippen molar-refractivity contribution < 1.29 is 4.39 Å². The standard InChI is InChI=1S/C16H10FN3O/c17-9-6-7-12-13(8-9)19-15(18-12)14-10-4-2-1-3-5-11(10)20-16(14)21/h1-8H,(H,18,19)(H,20,21). The van der Waals surface area contributed by atoms with Gasteiger partial charge in [0, 0.05) is 11.3 Å². The van der Waals surface area contributed by atoms with Crippen molar-refractivity contribution in [3.63, 3.8) is 0 Å². The number of halogens is 1. The highest BCUT2D eigenvalue weighted by molar-refractivity contribution is 5.85. The van der Waals surface area contributed by atoms with Crippen molar-refractivity contribution in [2.75, 3.05) is 0 Å². The first-order valence-electron chi connectivity index (χ1n) is 6.49. The summed E-state index contributed by atoms with van der Waals surface area (Å²) in [6, 6.07) is 13.6. The van der Waals surface area contributed by atoms with E-state index in [9.17, 15) is 9.18 Å². The maximum Gasteiger partial charge on any atom is 0.260 e. The number of aromatic amines is 2. The van der Waals surface area contributed by atoms with Crippen LogP contribution in [-0.4, -0.2) is 15.0 Å². The zero-order chi connectivity index (χ0) is 14.4. The summed E-state index contributed by atoms with van der Waals surface area (Å²) in [6.07, 6.45) is 0. The van der Waals surface area contributed by atoms with Crippen molar-refractivity contribution in [3.8, 4) is 22.6 Å². The molecule has 2 aliphatic rings. The van der Waals surface area contributed by atoms with Crippen molar-refractivity contribution in [2.45, 2.75) is 0 Å². The zero-order valence-electron chi connectivity index (χ0n) is 10.9. The molecule has 1 aliphatic heterocycles. The minimum Gasteiger partial charge on any atom is -0.338 e. The van der Waals surface area contributed by atoms with Gasteiger partial charge in [0.15, 0.2) is 0 Å². The predicted molar refractivity (Wildman–Crippen MR) is 78.7 cm³/mol. The summed E-state index contributed by atoms with van der Waals surface area (Å²) in [7, 11) is 0. The van der Waals surface area contributed by atoms with Gasteiger partial charge in [-0.25, -0.2) is 9.37 Å². The van der Waals surface area contributed by atoms with Gasteiger partial charge in [0.25, 0.3) is 5.56 Å². The van der Waals surface area contributed by atoms with Crippen LogP contribution in [0.1, 0.15) is 0 Å². The molecule has 5 heteroatoms. The Balaban J connectivity index is 2.02. The molecule has 1 aromatic heterocycles. The summed E-state index contributed by atoms with van der Waals surface area (Å²) in [5.74, 6) is 0.100. The smallest absolute Gasteiger partial charge is 0.260 e. The van der Waals surface area contributed by atoms with Gasteiger partial charge in [-0.05, 0) is 24.3 Å². The van der Waals surface area contributed by atoms with E-state index in [4.69, 9.17) is 0 Å². The van der Waals surface area contributed by atoms with E-state index in [0.29, 0.717) is 22.4 Å². The van der Waals surface area contributed by atoms with Gasteiger partial charge in [-0.15, -0.1) is 0 Å². The van der Waals surface area contributed by atoms with Gasteiger partial charge >= 0.3 is 0 Å². The largest absolute Gasteiger partial charge is 0.338 e. The van der Waals surface area contributed by atoms with E-state index in [0.717, 1.165) is 11.3 Å². The molecule has 0 amide bonds. The van der Waals surface area contributed by atoms with Crippen LogP contribution < -0.4 is 5.56 Å². The molecule has 4 rings (SSSR count). The number of nitrogens with zero attached hydrogens (tertiary/aromatic N) is 1. The Morgan fingerprint density at radius 2 is 1.86 bits per heavy atom. The van der Waals surface area contributed by atoms with Gasteiger partial charge in [0.05, 0.1) is 16.6 Å². The Morgan fingerprint density at radius 1 is 1.00 bits per heavy atom. The summed E-state index contributed by atoms with van der Waals surface area (Å²) in [4.78, 5) is 22.4. The number of fused-ring (bicyclic) bond motifs is 2. The minimum absolute atomic E-state index is 0.212.